The van der Waals surface area contributed by atoms with Gasteiger partial charge in [-0.15, -0.1) is 0 Å². The number of sulfone groups is 1. The Labute approximate surface area is 166 Å². The molecule has 0 radical (unpaired) electrons. The lowest BCUT2D eigenvalue weighted by Crippen LogP contribution is -2.14. The number of fused-ring (bicyclic) bond motifs is 1. The predicted molar refractivity (Wildman–Crippen MR) is 104 cm³/mol. The highest BCUT2D eigenvalue weighted by Crippen LogP contribution is 2.24. The van der Waals surface area contributed by atoms with Crippen molar-refractivity contribution in [3.8, 4) is 0 Å². The van der Waals surface area contributed by atoms with Crippen LogP contribution in [0.1, 0.15) is 25.3 Å². The standard InChI is InChI=1S/C19H21NO8S/c1-2-26-19(23)20-14-3-4-15-13(8-18(22)28-16(15)9-14)10-27-17(21)7-12-5-6-29(24,25)11-12/h3-4,8-9,12H,2,5-7,10-11H2,1H3,(H,20,23). The highest BCUT2D eigenvalue weighted by molar-refractivity contribution is 7.91. The van der Waals surface area contributed by atoms with E-state index in [2.05, 4.69) is 5.32 Å². The van der Waals surface area contributed by atoms with Crippen LogP contribution in [0.2, 0.25) is 0 Å². The number of anilines is 1. The molecule has 29 heavy (non-hydrogen) atoms. The average Bonchev–Trinajstić information content (AvgIpc) is 2.97. The Morgan fingerprint density at radius 1 is 1.24 bits per heavy atom. The molecule has 2 heterocycles. The number of hydrogen-bond acceptors (Lipinski definition) is 8. The minimum absolute atomic E-state index is 0.00377. The van der Waals surface area contributed by atoms with E-state index in [1.165, 1.54) is 12.1 Å². The van der Waals surface area contributed by atoms with Crippen molar-refractivity contribution in [1.29, 1.82) is 0 Å². The third kappa shape index (κ3) is 5.57. The van der Waals surface area contributed by atoms with Gasteiger partial charge in [0.25, 0.3) is 0 Å². The molecule has 1 aromatic heterocycles. The fourth-order valence-electron chi connectivity index (χ4n) is 3.20. The number of esters is 1. The molecule has 1 unspecified atom stereocenters. The van der Waals surface area contributed by atoms with Gasteiger partial charge in [-0.2, -0.15) is 0 Å². The van der Waals surface area contributed by atoms with Crippen LogP contribution >= 0.6 is 0 Å². The summed E-state index contributed by atoms with van der Waals surface area (Å²) in [7, 11) is -3.06. The molecule has 1 aliphatic rings. The van der Waals surface area contributed by atoms with Crippen molar-refractivity contribution in [2.24, 2.45) is 5.92 Å². The van der Waals surface area contributed by atoms with Gasteiger partial charge in [0.2, 0.25) is 0 Å². The molecule has 10 heteroatoms. The first-order valence-electron chi connectivity index (χ1n) is 9.12. The van der Waals surface area contributed by atoms with Gasteiger partial charge in [-0.05, 0) is 31.4 Å². The number of carbonyl (C=O) groups is 2. The summed E-state index contributed by atoms with van der Waals surface area (Å²) in [5.41, 5.74) is 0.431. The Kier molecular flexibility index (Phi) is 6.21. The maximum absolute atomic E-state index is 12.1. The first-order valence-corrected chi connectivity index (χ1v) is 10.9. The smallest absolute Gasteiger partial charge is 0.411 e. The van der Waals surface area contributed by atoms with E-state index in [-0.39, 0.29) is 42.6 Å². The third-order valence-electron chi connectivity index (χ3n) is 4.52. The molecule has 2 aromatic rings. The van der Waals surface area contributed by atoms with Crippen LogP contribution in [0, 0.1) is 5.92 Å². The maximum atomic E-state index is 12.1. The number of amides is 1. The quantitative estimate of drug-likeness (QED) is 0.553. The molecule has 1 saturated heterocycles. The SMILES string of the molecule is CCOC(=O)Nc1ccc2c(COC(=O)CC3CCS(=O)(=O)C3)cc(=O)oc2c1. The predicted octanol–water partition coefficient (Wildman–Crippen LogP) is 2.23. The molecule has 0 spiro atoms. The van der Waals surface area contributed by atoms with E-state index in [9.17, 15) is 22.8 Å². The van der Waals surface area contributed by atoms with Gasteiger partial charge in [-0.25, -0.2) is 18.0 Å². The highest BCUT2D eigenvalue weighted by atomic mass is 32.2. The summed E-state index contributed by atoms with van der Waals surface area (Å²) < 4.78 is 38.2. The van der Waals surface area contributed by atoms with E-state index < -0.39 is 27.5 Å². The molecule has 1 N–H and O–H groups in total. The Hall–Kier alpha value is -2.88. The second-order valence-electron chi connectivity index (χ2n) is 6.78. The second kappa shape index (κ2) is 8.64. The lowest BCUT2D eigenvalue weighted by atomic mass is 10.1. The molecule has 1 amide bonds. The zero-order valence-corrected chi connectivity index (χ0v) is 16.6. The van der Waals surface area contributed by atoms with Crippen molar-refractivity contribution in [3.63, 3.8) is 0 Å². The third-order valence-corrected chi connectivity index (χ3v) is 6.36. The number of benzene rings is 1. The number of nitrogens with one attached hydrogen (secondary N) is 1. The molecule has 0 saturated carbocycles. The normalized spacial score (nSPS) is 17.8. The minimum Gasteiger partial charge on any atom is -0.461 e. The van der Waals surface area contributed by atoms with E-state index in [1.54, 1.807) is 19.1 Å². The molecule has 156 valence electrons. The van der Waals surface area contributed by atoms with Gasteiger partial charge in [0, 0.05) is 35.2 Å². The number of carbonyl (C=O) groups excluding carboxylic acids is 2. The summed E-state index contributed by atoms with van der Waals surface area (Å²) in [6.07, 6.45) is -0.161. The van der Waals surface area contributed by atoms with E-state index >= 15 is 0 Å². The first-order chi connectivity index (χ1) is 13.8. The lowest BCUT2D eigenvalue weighted by molar-refractivity contribution is -0.145. The summed E-state index contributed by atoms with van der Waals surface area (Å²) in [4.78, 5) is 35.4. The number of hydrogen-bond donors (Lipinski definition) is 1. The summed E-state index contributed by atoms with van der Waals surface area (Å²) in [6.45, 7) is 1.75. The molecule has 3 rings (SSSR count). The highest BCUT2D eigenvalue weighted by Gasteiger charge is 2.29. The van der Waals surface area contributed by atoms with E-state index in [0.717, 1.165) is 0 Å². The molecule has 1 atom stereocenters. The fraction of sp³-hybridized carbons (Fsp3) is 0.421. The molecule has 9 nitrogen and oxygen atoms in total. The Bertz CT molecular complexity index is 1090. The van der Waals surface area contributed by atoms with Crippen LogP contribution in [-0.2, 0) is 30.7 Å². The molecular formula is C19H21NO8S. The van der Waals surface area contributed by atoms with Gasteiger partial charge >= 0.3 is 17.7 Å². The largest absolute Gasteiger partial charge is 0.461 e. The summed E-state index contributed by atoms with van der Waals surface area (Å²) in [5, 5.41) is 3.06. The average molecular weight is 423 g/mol. The van der Waals surface area contributed by atoms with Gasteiger partial charge in [0.1, 0.15) is 12.2 Å². The molecule has 1 aliphatic heterocycles. The number of rotatable bonds is 6. The Morgan fingerprint density at radius 2 is 2.03 bits per heavy atom. The molecule has 1 aromatic carbocycles. The second-order valence-corrected chi connectivity index (χ2v) is 9.01. The van der Waals surface area contributed by atoms with Crippen molar-refractivity contribution >= 4 is 38.6 Å². The first kappa shape index (κ1) is 20.8. The lowest BCUT2D eigenvalue weighted by Gasteiger charge is -2.10. The van der Waals surface area contributed by atoms with Crippen molar-refractivity contribution in [3.05, 3.63) is 40.2 Å². The van der Waals surface area contributed by atoms with Crippen LogP contribution in [0.25, 0.3) is 11.0 Å². The van der Waals surface area contributed by atoms with Crippen LogP contribution in [0.4, 0.5) is 10.5 Å². The monoisotopic (exact) mass is 423 g/mol. The van der Waals surface area contributed by atoms with Crippen molar-refractivity contribution in [2.45, 2.75) is 26.4 Å². The number of ether oxygens (including phenoxy) is 2. The Balaban J connectivity index is 1.69. The summed E-state index contributed by atoms with van der Waals surface area (Å²) in [5.74, 6) is -0.663. The minimum atomic E-state index is -3.06. The molecule has 0 bridgehead atoms. The van der Waals surface area contributed by atoms with E-state index in [4.69, 9.17) is 13.9 Å². The maximum Gasteiger partial charge on any atom is 0.411 e. The van der Waals surface area contributed by atoms with Gasteiger partial charge in [0.05, 0.1) is 18.1 Å². The van der Waals surface area contributed by atoms with Crippen LogP contribution < -0.4 is 10.9 Å². The topological polar surface area (TPSA) is 129 Å². The molecule has 0 aliphatic carbocycles. The Morgan fingerprint density at radius 3 is 2.72 bits per heavy atom. The van der Waals surface area contributed by atoms with Crippen LogP contribution in [0.15, 0.2) is 33.5 Å². The zero-order valence-electron chi connectivity index (χ0n) is 15.8. The zero-order chi connectivity index (χ0) is 21.0. The van der Waals surface area contributed by atoms with E-state index in [1.807, 2.05) is 0 Å². The molecular weight excluding hydrogens is 402 g/mol. The molecule has 1 fully saturated rings. The summed E-state index contributed by atoms with van der Waals surface area (Å²) >= 11 is 0. The van der Waals surface area contributed by atoms with Crippen molar-refractivity contribution in [2.75, 3.05) is 23.4 Å². The van der Waals surface area contributed by atoms with Crippen molar-refractivity contribution in [1.82, 2.24) is 0 Å². The van der Waals surface area contributed by atoms with Crippen LogP contribution in [-0.4, -0.2) is 38.6 Å². The van der Waals surface area contributed by atoms with E-state index in [0.29, 0.717) is 23.1 Å². The van der Waals surface area contributed by atoms with Gasteiger partial charge in [-0.3, -0.25) is 10.1 Å². The fourth-order valence-corrected chi connectivity index (χ4v) is 5.06. The van der Waals surface area contributed by atoms with Crippen molar-refractivity contribution < 1.29 is 31.9 Å². The summed E-state index contributed by atoms with van der Waals surface area (Å²) in [6, 6.07) is 5.94. The van der Waals surface area contributed by atoms with Gasteiger partial charge < -0.3 is 13.9 Å². The van der Waals surface area contributed by atoms with Crippen LogP contribution in [0.5, 0.6) is 0 Å². The van der Waals surface area contributed by atoms with Crippen LogP contribution in [0.3, 0.4) is 0 Å². The van der Waals surface area contributed by atoms with Gasteiger partial charge in [-0.1, -0.05) is 0 Å². The van der Waals surface area contributed by atoms with Gasteiger partial charge in [0.15, 0.2) is 9.84 Å².